The number of amides is 1. The second-order valence-corrected chi connectivity index (χ2v) is 7.47. The average Bonchev–Trinajstić information content (AvgIpc) is 3.36. The summed E-state index contributed by atoms with van der Waals surface area (Å²) in [6.07, 6.45) is 1.19. The number of Topliss-reactive ketones (excluding diaryl/α,β-unsaturated/α-hetero) is 1. The normalized spacial score (nSPS) is 17.9. The van der Waals surface area contributed by atoms with Crippen LogP contribution in [0.3, 0.4) is 0 Å². The zero-order chi connectivity index (χ0) is 23.0. The third-order valence-corrected chi connectivity index (χ3v) is 4.90. The van der Waals surface area contributed by atoms with Crippen LogP contribution in [0.25, 0.3) is 5.76 Å². The Morgan fingerprint density at radius 2 is 1.88 bits per heavy atom. The van der Waals surface area contributed by atoms with E-state index in [2.05, 4.69) is 0 Å². The van der Waals surface area contributed by atoms with Crippen molar-refractivity contribution in [1.29, 1.82) is 0 Å². The average molecular weight is 439 g/mol. The van der Waals surface area contributed by atoms with Crippen molar-refractivity contribution in [3.63, 3.8) is 0 Å². The zero-order valence-corrected chi connectivity index (χ0v) is 17.2. The number of aliphatic hydroxyl groups excluding tert-OH is 1. The van der Waals surface area contributed by atoms with Gasteiger partial charge < -0.3 is 14.3 Å². The summed E-state index contributed by atoms with van der Waals surface area (Å²) in [5.41, 5.74) is -0.530. The summed E-state index contributed by atoms with van der Waals surface area (Å²) in [7, 11) is 0. The Morgan fingerprint density at radius 3 is 2.56 bits per heavy atom. The van der Waals surface area contributed by atoms with E-state index < -0.39 is 40.8 Å². The van der Waals surface area contributed by atoms with Crippen LogP contribution in [-0.4, -0.2) is 22.9 Å². The number of hydrogen-bond donors (Lipinski definition) is 1. The maximum atomic E-state index is 14.6. The Labute approximate surface area is 182 Å². The maximum absolute atomic E-state index is 14.6. The largest absolute Gasteiger partial charge is 0.507 e. The number of halogens is 2. The molecule has 0 spiro atoms. The molecule has 0 aliphatic carbocycles. The van der Waals surface area contributed by atoms with Crippen LogP contribution < -0.4 is 9.64 Å². The fourth-order valence-corrected chi connectivity index (χ4v) is 3.61. The number of carbonyl (C=O) groups excluding carboxylic acids is 2. The van der Waals surface area contributed by atoms with Gasteiger partial charge in [-0.15, -0.1) is 0 Å². The van der Waals surface area contributed by atoms with Crippen LogP contribution in [0.15, 0.2) is 70.9 Å². The van der Waals surface area contributed by atoms with E-state index in [0.29, 0.717) is 5.75 Å². The molecule has 8 heteroatoms. The lowest BCUT2D eigenvalue weighted by Crippen LogP contribution is -2.30. The van der Waals surface area contributed by atoms with Crippen molar-refractivity contribution in [3.05, 3.63) is 89.4 Å². The molecule has 2 heterocycles. The van der Waals surface area contributed by atoms with Gasteiger partial charge in [-0.25, -0.2) is 8.78 Å². The summed E-state index contributed by atoms with van der Waals surface area (Å²) in [5, 5.41) is 11.0. The topological polar surface area (TPSA) is 80.0 Å². The van der Waals surface area contributed by atoms with Crippen molar-refractivity contribution in [3.8, 4) is 5.75 Å². The fraction of sp³-hybridized carbons (Fsp3) is 0.167. The summed E-state index contributed by atoms with van der Waals surface area (Å²) in [6, 6.07) is 10.6. The van der Waals surface area contributed by atoms with E-state index in [0.717, 1.165) is 23.1 Å². The predicted octanol–water partition coefficient (Wildman–Crippen LogP) is 4.97. The van der Waals surface area contributed by atoms with Crippen molar-refractivity contribution in [2.75, 3.05) is 4.90 Å². The molecule has 0 bridgehead atoms. The Morgan fingerprint density at radius 1 is 1.09 bits per heavy atom. The van der Waals surface area contributed by atoms with Crippen LogP contribution in [0.4, 0.5) is 14.5 Å². The van der Waals surface area contributed by atoms with E-state index in [4.69, 9.17) is 9.15 Å². The van der Waals surface area contributed by atoms with E-state index in [1.54, 1.807) is 12.1 Å². The smallest absolute Gasteiger partial charge is 0.300 e. The predicted molar refractivity (Wildman–Crippen MR) is 112 cm³/mol. The SMILES string of the molecule is CC(C)Oc1cccc(/C(O)=C2/C(=O)C(=O)N(c3cc(F)ccc3F)C2c2ccco2)c1. The first-order valence-electron chi connectivity index (χ1n) is 9.84. The van der Waals surface area contributed by atoms with Gasteiger partial charge in [0.15, 0.2) is 0 Å². The number of ketones is 1. The lowest BCUT2D eigenvalue weighted by atomic mass is 9.99. The van der Waals surface area contributed by atoms with E-state index in [-0.39, 0.29) is 23.0 Å². The monoisotopic (exact) mass is 439 g/mol. The Hall–Kier alpha value is -3.94. The molecule has 0 saturated carbocycles. The molecule has 1 saturated heterocycles. The van der Waals surface area contributed by atoms with Gasteiger partial charge in [0.25, 0.3) is 11.7 Å². The molecule has 3 aromatic rings. The van der Waals surface area contributed by atoms with Crippen molar-refractivity contribution in [2.24, 2.45) is 0 Å². The second kappa shape index (κ2) is 8.30. The van der Waals surface area contributed by atoms with E-state index in [9.17, 15) is 23.5 Å². The van der Waals surface area contributed by atoms with Crippen molar-refractivity contribution >= 4 is 23.1 Å². The minimum Gasteiger partial charge on any atom is -0.507 e. The van der Waals surface area contributed by atoms with Gasteiger partial charge in [0.05, 0.1) is 23.6 Å². The number of benzene rings is 2. The molecule has 32 heavy (non-hydrogen) atoms. The number of hydrogen-bond acceptors (Lipinski definition) is 5. The molecule has 0 radical (unpaired) electrons. The molecule has 1 aliphatic heterocycles. The quantitative estimate of drug-likeness (QED) is 0.345. The van der Waals surface area contributed by atoms with Crippen LogP contribution in [0, 0.1) is 11.6 Å². The van der Waals surface area contributed by atoms with Crippen molar-refractivity contribution in [1.82, 2.24) is 0 Å². The van der Waals surface area contributed by atoms with Gasteiger partial charge in [0.2, 0.25) is 0 Å². The van der Waals surface area contributed by atoms with Gasteiger partial charge in [-0.2, -0.15) is 0 Å². The summed E-state index contributed by atoms with van der Waals surface area (Å²) < 4.78 is 39.5. The first-order chi connectivity index (χ1) is 15.3. The molecule has 1 aromatic heterocycles. The van der Waals surface area contributed by atoms with Crippen LogP contribution in [-0.2, 0) is 9.59 Å². The molecule has 4 rings (SSSR count). The summed E-state index contributed by atoms with van der Waals surface area (Å²) >= 11 is 0. The van der Waals surface area contributed by atoms with E-state index >= 15 is 0 Å². The highest BCUT2D eigenvalue weighted by atomic mass is 19.1. The maximum Gasteiger partial charge on any atom is 0.300 e. The first-order valence-corrected chi connectivity index (χ1v) is 9.84. The third kappa shape index (κ3) is 3.75. The molecular weight excluding hydrogens is 420 g/mol. The summed E-state index contributed by atoms with van der Waals surface area (Å²) in [5.74, 6) is -3.81. The Bertz CT molecular complexity index is 1220. The fourth-order valence-electron chi connectivity index (χ4n) is 3.61. The molecule has 1 aliphatic rings. The third-order valence-electron chi connectivity index (χ3n) is 4.90. The lowest BCUT2D eigenvalue weighted by molar-refractivity contribution is -0.132. The van der Waals surface area contributed by atoms with Crippen LogP contribution in [0.1, 0.15) is 31.2 Å². The minimum atomic E-state index is -1.30. The van der Waals surface area contributed by atoms with Crippen LogP contribution >= 0.6 is 0 Å². The lowest BCUT2D eigenvalue weighted by Gasteiger charge is -2.23. The molecule has 1 amide bonds. The molecular formula is C24H19F2NO5. The molecule has 1 atom stereocenters. The summed E-state index contributed by atoms with van der Waals surface area (Å²) in [6.45, 7) is 3.67. The molecule has 2 aromatic carbocycles. The minimum absolute atomic E-state index is 0.101. The highest BCUT2D eigenvalue weighted by Crippen LogP contribution is 2.43. The molecule has 1 N–H and O–H groups in total. The van der Waals surface area contributed by atoms with Crippen molar-refractivity contribution in [2.45, 2.75) is 26.0 Å². The standard InChI is InChI=1S/C24H19F2NO5/c1-13(2)32-16-6-3-5-14(11-16)22(28)20-21(19-7-4-10-31-19)27(24(30)23(20)29)18-12-15(25)8-9-17(18)26/h3-13,21,28H,1-2H3/b22-20-. The van der Waals surface area contributed by atoms with E-state index in [1.165, 1.54) is 30.5 Å². The van der Waals surface area contributed by atoms with Gasteiger partial charge in [-0.3, -0.25) is 14.5 Å². The molecule has 164 valence electrons. The molecule has 1 fully saturated rings. The molecule has 6 nitrogen and oxygen atoms in total. The second-order valence-electron chi connectivity index (χ2n) is 7.47. The number of rotatable bonds is 5. The number of carbonyl (C=O) groups is 2. The van der Waals surface area contributed by atoms with E-state index in [1.807, 2.05) is 13.8 Å². The molecule has 1 unspecified atom stereocenters. The number of nitrogens with zero attached hydrogens (tertiary/aromatic N) is 1. The number of anilines is 1. The number of aliphatic hydroxyl groups is 1. The van der Waals surface area contributed by atoms with Gasteiger partial charge in [-0.05, 0) is 50.2 Å². The zero-order valence-electron chi connectivity index (χ0n) is 17.2. The summed E-state index contributed by atoms with van der Waals surface area (Å²) in [4.78, 5) is 26.7. The first kappa shape index (κ1) is 21.3. The van der Waals surface area contributed by atoms with Gasteiger partial charge in [0, 0.05) is 11.6 Å². The number of furan rings is 1. The van der Waals surface area contributed by atoms with Gasteiger partial charge >= 0.3 is 0 Å². The van der Waals surface area contributed by atoms with Gasteiger partial charge in [0.1, 0.15) is 34.9 Å². The van der Waals surface area contributed by atoms with Crippen molar-refractivity contribution < 1.29 is 32.6 Å². The highest BCUT2D eigenvalue weighted by Gasteiger charge is 2.49. The Kier molecular flexibility index (Phi) is 5.52. The highest BCUT2D eigenvalue weighted by molar-refractivity contribution is 6.51. The van der Waals surface area contributed by atoms with Gasteiger partial charge in [-0.1, -0.05) is 12.1 Å². The van der Waals surface area contributed by atoms with Crippen LogP contribution in [0.2, 0.25) is 0 Å². The van der Waals surface area contributed by atoms with Crippen LogP contribution in [0.5, 0.6) is 5.75 Å². The Balaban J connectivity index is 1.90. The number of ether oxygens (including phenoxy) is 1.